The Kier molecular flexibility index (Phi) is 4.64. The van der Waals surface area contributed by atoms with Gasteiger partial charge in [0.2, 0.25) is 17.6 Å². The van der Waals surface area contributed by atoms with Crippen LogP contribution in [0.5, 0.6) is 0 Å². The minimum absolute atomic E-state index is 0.0793. The van der Waals surface area contributed by atoms with Crippen LogP contribution in [0.25, 0.3) is 22.6 Å². The molecule has 1 aliphatic heterocycles. The van der Waals surface area contributed by atoms with Crippen molar-refractivity contribution in [1.82, 2.24) is 15.1 Å². The lowest BCUT2D eigenvalue weighted by Gasteiger charge is -2.16. The van der Waals surface area contributed by atoms with E-state index in [-0.39, 0.29) is 11.8 Å². The lowest BCUT2D eigenvalue weighted by Crippen LogP contribution is -2.24. The molecule has 1 amide bonds. The van der Waals surface area contributed by atoms with Gasteiger partial charge in [-0.15, -0.1) is 11.3 Å². The summed E-state index contributed by atoms with van der Waals surface area (Å²) in [7, 11) is 0. The Morgan fingerprint density at radius 3 is 2.66 bits per heavy atom. The first-order chi connectivity index (χ1) is 15.6. The fraction of sp³-hybridized carbons (Fsp3) is 0.280. The van der Waals surface area contributed by atoms with Crippen molar-refractivity contribution in [2.75, 3.05) is 11.4 Å². The van der Waals surface area contributed by atoms with Crippen LogP contribution in [-0.2, 0) is 4.79 Å². The number of thiazole rings is 1. The van der Waals surface area contributed by atoms with Crippen LogP contribution in [0.1, 0.15) is 47.6 Å². The summed E-state index contributed by atoms with van der Waals surface area (Å²) >= 11 is 1.74. The molecule has 160 valence electrons. The molecule has 32 heavy (non-hydrogen) atoms. The Hall–Kier alpha value is -3.32. The lowest BCUT2D eigenvalue weighted by molar-refractivity contribution is -0.117. The Labute approximate surface area is 189 Å². The number of aromatic nitrogens is 3. The number of carbonyl (C=O) groups is 1. The number of aryl methyl sites for hydroxylation is 1. The van der Waals surface area contributed by atoms with Gasteiger partial charge >= 0.3 is 0 Å². The SMILES string of the molecule is Cc1ccc(N2CC(c3nc(-c4cccc(-c5csc(C6CC6)n5)c4)no3)CC2=O)cc1. The highest BCUT2D eigenvalue weighted by atomic mass is 32.1. The van der Waals surface area contributed by atoms with Crippen molar-refractivity contribution >= 4 is 22.9 Å². The van der Waals surface area contributed by atoms with Gasteiger partial charge < -0.3 is 9.42 Å². The van der Waals surface area contributed by atoms with Crippen LogP contribution >= 0.6 is 11.3 Å². The van der Waals surface area contributed by atoms with E-state index in [2.05, 4.69) is 27.7 Å². The van der Waals surface area contributed by atoms with Gasteiger partial charge in [-0.1, -0.05) is 41.1 Å². The highest BCUT2D eigenvalue weighted by Gasteiger charge is 2.35. The van der Waals surface area contributed by atoms with E-state index in [1.54, 1.807) is 16.2 Å². The van der Waals surface area contributed by atoms with Gasteiger partial charge in [0.25, 0.3) is 0 Å². The van der Waals surface area contributed by atoms with Crippen LogP contribution in [0.4, 0.5) is 5.69 Å². The Bertz CT molecular complexity index is 1290. The maximum absolute atomic E-state index is 12.6. The zero-order valence-electron chi connectivity index (χ0n) is 17.7. The summed E-state index contributed by atoms with van der Waals surface area (Å²) < 4.78 is 5.59. The number of anilines is 1. The summed E-state index contributed by atoms with van der Waals surface area (Å²) in [4.78, 5) is 23.9. The van der Waals surface area contributed by atoms with E-state index >= 15 is 0 Å². The molecule has 1 unspecified atom stereocenters. The summed E-state index contributed by atoms with van der Waals surface area (Å²) in [6.45, 7) is 2.58. The molecule has 0 spiro atoms. The molecule has 2 fully saturated rings. The number of nitrogens with zero attached hydrogens (tertiary/aromatic N) is 4. The molecule has 1 saturated heterocycles. The van der Waals surface area contributed by atoms with Gasteiger partial charge in [-0.2, -0.15) is 4.98 Å². The van der Waals surface area contributed by atoms with Crippen LogP contribution < -0.4 is 4.90 Å². The van der Waals surface area contributed by atoms with Crippen molar-refractivity contribution < 1.29 is 9.32 Å². The van der Waals surface area contributed by atoms with E-state index in [1.807, 2.05) is 43.3 Å². The first kappa shape index (κ1) is 19.4. The summed E-state index contributed by atoms with van der Waals surface area (Å²) in [5, 5.41) is 7.57. The smallest absolute Gasteiger partial charge is 0.232 e. The van der Waals surface area contributed by atoms with Crippen molar-refractivity contribution in [2.45, 2.75) is 38.0 Å². The normalized spacial score (nSPS) is 18.5. The summed E-state index contributed by atoms with van der Waals surface area (Å²) in [5.41, 5.74) is 5.01. The molecule has 1 aliphatic carbocycles. The molecular weight excluding hydrogens is 420 g/mol. The van der Waals surface area contributed by atoms with Crippen molar-refractivity contribution in [3.8, 4) is 22.6 Å². The van der Waals surface area contributed by atoms with E-state index < -0.39 is 0 Å². The Morgan fingerprint density at radius 2 is 1.84 bits per heavy atom. The number of benzene rings is 2. The second-order valence-electron chi connectivity index (χ2n) is 8.62. The van der Waals surface area contributed by atoms with Crippen molar-refractivity contribution in [3.63, 3.8) is 0 Å². The molecule has 4 aromatic rings. The monoisotopic (exact) mass is 442 g/mol. The van der Waals surface area contributed by atoms with Gasteiger partial charge in [-0.3, -0.25) is 4.79 Å². The third kappa shape index (κ3) is 3.62. The standard InChI is InChI=1S/C25H22N4O2S/c1-15-5-9-20(10-6-15)29-13-19(12-22(29)30)24-27-23(28-31-24)18-4-2-3-17(11-18)21-14-32-25(26-21)16-7-8-16/h2-6,9-11,14,16,19H,7-8,12-13H2,1H3. The fourth-order valence-electron chi connectivity index (χ4n) is 4.12. The molecule has 1 saturated carbocycles. The zero-order chi connectivity index (χ0) is 21.7. The second kappa shape index (κ2) is 7.67. The van der Waals surface area contributed by atoms with Gasteiger partial charge in [0.15, 0.2) is 0 Å². The van der Waals surface area contributed by atoms with E-state index in [0.717, 1.165) is 22.5 Å². The Morgan fingerprint density at radius 1 is 1.03 bits per heavy atom. The molecule has 6 rings (SSSR count). The maximum Gasteiger partial charge on any atom is 0.232 e. The molecule has 0 N–H and O–H groups in total. The second-order valence-corrected chi connectivity index (χ2v) is 9.51. The average molecular weight is 443 g/mol. The summed E-state index contributed by atoms with van der Waals surface area (Å²) in [5.74, 6) is 1.69. The highest BCUT2D eigenvalue weighted by Crippen LogP contribution is 2.42. The molecule has 0 bridgehead atoms. The summed E-state index contributed by atoms with van der Waals surface area (Å²) in [6, 6.07) is 16.1. The van der Waals surface area contributed by atoms with Crippen LogP contribution in [0.15, 0.2) is 58.4 Å². The van der Waals surface area contributed by atoms with Gasteiger partial charge in [-0.05, 0) is 38.0 Å². The highest BCUT2D eigenvalue weighted by molar-refractivity contribution is 7.10. The van der Waals surface area contributed by atoms with Crippen LogP contribution in [0.3, 0.4) is 0 Å². The van der Waals surface area contributed by atoms with E-state index in [4.69, 9.17) is 9.51 Å². The molecular formula is C25H22N4O2S. The van der Waals surface area contributed by atoms with E-state index in [0.29, 0.717) is 30.6 Å². The van der Waals surface area contributed by atoms with Gasteiger partial charge in [0, 0.05) is 41.1 Å². The van der Waals surface area contributed by atoms with Gasteiger partial charge in [0.1, 0.15) is 0 Å². The molecule has 3 heterocycles. The topological polar surface area (TPSA) is 72.1 Å². The van der Waals surface area contributed by atoms with Crippen LogP contribution in [0.2, 0.25) is 0 Å². The third-order valence-corrected chi connectivity index (χ3v) is 7.13. The number of hydrogen-bond donors (Lipinski definition) is 0. The van der Waals surface area contributed by atoms with E-state index in [1.165, 1.54) is 23.4 Å². The molecule has 2 aromatic heterocycles. The number of hydrogen-bond acceptors (Lipinski definition) is 6. The fourth-order valence-corrected chi connectivity index (χ4v) is 5.12. The number of carbonyl (C=O) groups excluding carboxylic acids is 1. The molecule has 2 aromatic carbocycles. The van der Waals surface area contributed by atoms with Crippen LogP contribution in [-0.4, -0.2) is 27.6 Å². The zero-order valence-corrected chi connectivity index (χ0v) is 18.5. The lowest BCUT2D eigenvalue weighted by atomic mass is 10.1. The molecule has 2 aliphatic rings. The molecule has 0 radical (unpaired) electrons. The van der Waals surface area contributed by atoms with Crippen molar-refractivity contribution in [2.24, 2.45) is 0 Å². The predicted molar refractivity (Wildman–Crippen MR) is 124 cm³/mol. The third-order valence-electron chi connectivity index (χ3n) is 6.13. The number of amides is 1. The largest absolute Gasteiger partial charge is 0.339 e. The minimum atomic E-state index is -0.104. The quantitative estimate of drug-likeness (QED) is 0.404. The molecule has 1 atom stereocenters. The number of rotatable bonds is 5. The van der Waals surface area contributed by atoms with E-state index in [9.17, 15) is 4.79 Å². The van der Waals surface area contributed by atoms with Crippen LogP contribution in [0, 0.1) is 6.92 Å². The summed E-state index contributed by atoms with van der Waals surface area (Å²) in [6.07, 6.45) is 2.88. The minimum Gasteiger partial charge on any atom is -0.339 e. The van der Waals surface area contributed by atoms with Crippen molar-refractivity contribution in [3.05, 3.63) is 70.4 Å². The average Bonchev–Trinajstić information content (AvgIpc) is 3.20. The molecule has 7 heteroatoms. The first-order valence-electron chi connectivity index (χ1n) is 10.9. The van der Waals surface area contributed by atoms with Crippen molar-refractivity contribution in [1.29, 1.82) is 0 Å². The van der Waals surface area contributed by atoms with Gasteiger partial charge in [0.05, 0.1) is 16.6 Å². The Balaban J connectivity index is 1.22. The molecule has 6 nitrogen and oxygen atoms in total. The predicted octanol–water partition coefficient (Wildman–Crippen LogP) is 5.57. The maximum atomic E-state index is 12.6. The van der Waals surface area contributed by atoms with Gasteiger partial charge in [-0.25, -0.2) is 4.98 Å². The first-order valence-corrected chi connectivity index (χ1v) is 11.8.